The van der Waals surface area contributed by atoms with Gasteiger partial charge in [0, 0.05) is 61.2 Å². The van der Waals surface area contributed by atoms with Crippen LogP contribution in [-0.2, 0) is 17.6 Å². The molecule has 2 N–H and O–H groups in total. The second-order valence-electron chi connectivity index (χ2n) is 6.57. The largest absolute Gasteiger partial charge is 0.354 e. The van der Waals surface area contributed by atoms with Gasteiger partial charge in [-0.25, -0.2) is 0 Å². The highest BCUT2D eigenvalue weighted by molar-refractivity contribution is 14.0. The molecule has 0 fully saturated rings. The van der Waals surface area contributed by atoms with E-state index in [4.69, 9.17) is 0 Å². The van der Waals surface area contributed by atoms with Crippen LogP contribution in [0.5, 0.6) is 0 Å². The van der Waals surface area contributed by atoms with Gasteiger partial charge in [-0.1, -0.05) is 6.07 Å². The number of halogens is 1. The van der Waals surface area contributed by atoms with Gasteiger partial charge in [0.15, 0.2) is 5.96 Å². The fraction of sp³-hybridized carbons (Fsp3) is 0.450. The van der Waals surface area contributed by atoms with E-state index in [0.717, 1.165) is 18.5 Å². The van der Waals surface area contributed by atoms with Crippen molar-refractivity contribution < 1.29 is 4.79 Å². The number of amides is 1. The Morgan fingerprint density at radius 2 is 2.11 bits per heavy atom. The molecule has 154 valence electrons. The summed E-state index contributed by atoms with van der Waals surface area (Å²) in [5.74, 6) is 0.665. The number of hydrogen-bond donors (Lipinski definition) is 2. The Hall–Kier alpha value is -1.68. The molecule has 0 bridgehead atoms. The average molecular weight is 515 g/mol. The zero-order valence-electron chi connectivity index (χ0n) is 16.9. The van der Waals surface area contributed by atoms with E-state index in [2.05, 4.69) is 46.6 Å². The second kappa shape index (κ2) is 12.7. The molecule has 6 nitrogen and oxygen atoms in total. The van der Waals surface area contributed by atoms with Gasteiger partial charge < -0.3 is 15.5 Å². The van der Waals surface area contributed by atoms with Crippen molar-refractivity contribution in [1.82, 2.24) is 20.5 Å². The molecular weight excluding hydrogens is 485 g/mol. The van der Waals surface area contributed by atoms with Crippen LogP contribution in [0.15, 0.2) is 41.5 Å². The quantitative estimate of drug-likeness (QED) is 0.323. The molecule has 8 heteroatoms. The van der Waals surface area contributed by atoms with E-state index in [1.54, 1.807) is 18.1 Å². The summed E-state index contributed by atoms with van der Waals surface area (Å²) in [6.07, 6.45) is 3.44. The van der Waals surface area contributed by atoms with E-state index < -0.39 is 0 Å². The number of rotatable bonds is 8. The lowest BCUT2D eigenvalue weighted by molar-refractivity contribution is -0.128. The summed E-state index contributed by atoms with van der Waals surface area (Å²) in [7, 11) is 3.53. The molecule has 0 spiro atoms. The Balaban J connectivity index is 0.00000392. The Morgan fingerprint density at radius 3 is 2.71 bits per heavy atom. The number of carbonyl (C=O) groups excluding carboxylic acids is 1. The van der Waals surface area contributed by atoms with Crippen molar-refractivity contribution in [2.24, 2.45) is 4.99 Å². The van der Waals surface area contributed by atoms with Gasteiger partial charge in [0.2, 0.25) is 5.91 Å². The molecule has 2 rings (SSSR count). The lowest BCUT2D eigenvalue weighted by Gasteiger charge is -2.20. The maximum absolute atomic E-state index is 12.3. The van der Waals surface area contributed by atoms with Gasteiger partial charge in [0.05, 0.1) is 6.54 Å². The molecule has 0 radical (unpaired) electrons. The molecule has 2 heterocycles. The summed E-state index contributed by atoms with van der Waals surface area (Å²) in [6.45, 7) is 5.08. The Kier molecular flexibility index (Phi) is 11.1. The van der Waals surface area contributed by atoms with Crippen molar-refractivity contribution in [2.45, 2.75) is 32.7 Å². The number of aliphatic imine (C=N–C) groups is 1. The van der Waals surface area contributed by atoms with Gasteiger partial charge >= 0.3 is 0 Å². The van der Waals surface area contributed by atoms with Crippen molar-refractivity contribution in [1.29, 1.82) is 0 Å². The van der Waals surface area contributed by atoms with Gasteiger partial charge in [-0.15, -0.1) is 35.3 Å². The number of carbonyl (C=O) groups is 1. The molecule has 0 saturated carbocycles. The fourth-order valence-electron chi connectivity index (χ4n) is 2.62. The van der Waals surface area contributed by atoms with Gasteiger partial charge in [0.25, 0.3) is 0 Å². The summed E-state index contributed by atoms with van der Waals surface area (Å²) in [5.41, 5.74) is 0.986. The Bertz CT molecular complexity index is 750. The van der Waals surface area contributed by atoms with Crippen LogP contribution >= 0.6 is 35.3 Å². The van der Waals surface area contributed by atoms with Crippen molar-refractivity contribution in [3.63, 3.8) is 0 Å². The number of likely N-dealkylation sites (N-methyl/N-ethyl adjacent to an activating group) is 1. The first-order valence-corrected chi connectivity index (χ1v) is 9.96. The monoisotopic (exact) mass is 515 g/mol. The molecule has 0 aliphatic carbocycles. The molecule has 1 amide bonds. The number of nitrogens with one attached hydrogen (secondary N) is 2. The number of aryl methyl sites for hydroxylation is 1. The Labute approximate surface area is 188 Å². The topological polar surface area (TPSA) is 69.6 Å². The molecule has 0 saturated heterocycles. The van der Waals surface area contributed by atoms with Crippen LogP contribution in [-0.4, -0.2) is 55.0 Å². The summed E-state index contributed by atoms with van der Waals surface area (Å²) in [5, 5.41) is 6.45. The molecule has 1 atom stereocenters. The molecule has 0 aliphatic heterocycles. The summed E-state index contributed by atoms with van der Waals surface area (Å²) < 4.78 is 0. The van der Waals surface area contributed by atoms with Crippen molar-refractivity contribution in [3.05, 3.63) is 52.0 Å². The fourth-order valence-corrected chi connectivity index (χ4v) is 3.64. The predicted octanol–water partition coefficient (Wildman–Crippen LogP) is 2.87. The molecule has 2 aromatic rings. The third-order valence-electron chi connectivity index (χ3n) is 4.17. The highest BCUT2D eigenvalue weighted by Gasteiger charge is 2.12. The highest BCUT2D eigenvalue weighted by atomic mass is 127. The van der Waals surface area contributed by atoms with E-state index in [1.165, 1.54) is 9.75 Å². The van der Waals surface area contributed by atoms with E-state index in [1.807, 2.05) is 36.6 Å². The minimum absolute atomic E-state index is 0. The molecule has 28 heavy (non-hydrogen) atoms. The number of nitrogens with zero attached hydrogens (tertiary/aromatic N) is 3. The van der Waals surface area contributed by atoms with Gasteiger partial charge in [-0.2, -0.15) is 0 Å². The first-order valence-electron chi connectivity index (χ1n) is 9.14. The summed E-state index contributed by atoms with van der Waals surface area (Å²) in [6, 6.07) is 10.3. The maximum atomic E-state index is 12.3. The molecule has 1 unspecified atom stereocenters. The van der Waals surface area contributed by atoms with Crippen molar-refractivity contribution >= 4 is 47.2 Å². The molecular formula is C20H30IN5OS. The van der Waals surface area contributed by atoms with Crippen LogP contribution < -0.4 is 10.6 Å². The zero-order valence-corrected chi connectivity index (χ0v) is 20.1. The molecule has 0 aliphatic rings. The third kappa shape index (κ3) is 8.55. The number of hydrogen-bond acceptors (Lipinski definition) is 4. The SMILES string of the molecule is CN=C(NCC(=O)N(C)CCc1ccccn1)NC(C)Cc1ccc(C)s1.I. The maximum Gasteiger partial charge on any atom is 0.241 e. The van der Waals surface area contributed by atoms with E-state index in [0.29, 0.717) is 12.5 Å². The third-order valence-corrected chi connectivity index (χ3v) is 5.20. The molecule has 0 aromatic carbocycles. The Morgan fingerprint density at radius 1 is 1.32 bits per heavy atom. The summed E-state index contributed by atoms with van der Waals surface area (Å²) in [4.78, 5) is 25.2. The van der Waals surface area contributed by atoms with Crippen LogP contribution in [0.3, 0.4) is 0 Å². The number of guanidine groups is 1. The minimum Gasteiger partial charge on any atom is -0.354 e. The number of pyridine rings is 1. The standard InChI is InChI=1S/C20H29N5OS.HI/c1-15(13-18-9-8-16(2)27-18)24-20(21-3)23-14-19(26)25(4)12-10-17-7-5-6-11-22-17;/h5-9,11,15H,10,12-14H2,1-4H3,(H2,21,23,24);1H. The first kappa shape index (κ1) is 24.4. The van der Waals surface area contributed by atoms with Crippen LogP contribution in [0.2, 0.25) is 0 Å². The minimum atomic E-state index is 0. The lowest BCUT2D eigenvalue weighted by Crippen LogP contribution is -2.47. The molecule has 2 aromatic heterocycles. The zero-order chi connectivity index (χ0) is 19.6. The second-order valence-corrected chi connectivity index (χ2v) is 7.95. The van der Waals surface area contributed by atoms with E-state index >= 15 is 0 Å². The van der Waals surface area contributed by atoms with Gasteiger partial charge in [-0.05, 0) is 38.1 Å². The van der Waals surface area contributed by atoms with Gasteiger partial charge in [-0.3, -0.25) is 14.8 Å². The van der Waals surface area contributed by atoms with Crippen LogP contribution in [0.25, 0.3) is 0 Å². The predicted molar refractivity (Wildman–Crippen MR) is 128 cm³/mol. The summed E-state index contributed by atoms with van der Waals surface area (Å²) >= 11 is 1.81. The van der Waals surface area contributed by atoms with E-state index in [-0.39, 0.29) is 42.5 Å². The number of aromatic nitrogens is 1. The van der Waals surface area contributed by atoms with E-state index in [9.17, 15) is 4.79 Å². The number of thiophene rings is 1. The lowest BCUT2D eigenvalue weighted by atomic mass is 10.2. The van der Waals surface area contributed by atoms with Crippen molar-refractivity contribution in [3.8, 4) is 0 Å². The average Bonchev–Trinajstić information content (AvgIpc) is 3.08. The smallest absolute Gasteiger partial charge is 0.241 e. The van der Waals surface area contributed by atoms with Gasteiger partial charge in [0.1, 0.15) is 0 Å². The first-order chi connectivity index (χ1) is 13.0. The van der Waals surface area contributed by atoms with Crippen LogP contribution in [0, 0.1) is 6.92 Å². The van der Waals surface area contributed by atoms with Crippen molar-refractivity contribution in [2.75, 3.05) is 27.2 Å². The normalized spacial score (nSPS) is 12.1. The highest BCUT2D eigenvalue weighted by Crippen LogP contribution is 2.16. The van der Waals surface area contributed by atoms with Crippen LogP contribution in [0.1, 0.15) is 22.4 Å². The van der Waals surface area contributed by atoms with Crippen LogP contribution in [0.4, 0.5) is 0 Å².